The van der Waals surface area contributed by atoms with Gasteiger partial charge in [0.1, 0.15) is 0 Å². The fourth-order valence-electron chi connectivity index (χ4n) is 7.02. The highest BCUT2D eigenvalue weighted by molar-refractivity contribution is 5.48. The van der Waals surface area contributed by atoms with Crippen LogP contribution in [-0.2, 0) is 11.2 Å². The summed E-state index contributed by atoms with van der Waals surface area (Å²) in [5, 5.41) is 24.7. The number of rotatable bonds is 7. The Morgan fingerprint density at radius 3 is 2.73 bits per heavy atom. The van der Waals surface area contributed by atoms with Crippen LogP contribution < -0.4 is 15.8 Å². The lowest BCUT2D eigenvalue weighted by Gasteiger charge is -2.34. The highest BCUT2D eigenvalue weighted by Crippen LogP contribution is 2.48. The molecule has 0 saturated heterocycles. The fraction of sp³-hybridized carbons (Fsp3) is 0.647. The van der Waals surface area contributed by atoms with Crippen LogP contribution in [0, 0.1) is 23.2 Å². The highest BCUT2D eigenvalue weighted by atomic mass is 16.5. The zero-order chi connectivity index (χ0) is 28.0. The number of aliphatic hydroxyl groups is 1. The van der Waals surface area contributed by atoms with Crippen molar-refractivity contribution in [1.29, 1.82) is 0 Å². The number of fused-ring (bicyclic) bond motifs is 1. The lowest BCUT2D eigenvalue weighted by atomic mass is 9.71. The van der Waals surface area contributed by atoms with E-state index < -0.39 is 6.10 Å². The zero-order valence-electron chi connectivity index (χ0n) is 24.2. The van der Waals surface area contributed by atoms with Gasteiger partial charge in [0.05, 0.1) is 31.1 Å². The molecular weight excluding hydrogens is 500 g/mol. The number of aromatic hydroxyl groups is 1. The van der Waals surface area contributed by atoms with Gasteiger partial charge in [-0.1, -0.05) is 44.1 Å². The number of aliphatic hydroxyl groups excluding tert-OH is 1. The molecule has 5 rings (SSSR count). The normalized spacial score (nSPS) is 27.7. The summed E-state index contributed by atoms with van der Waals surface area (Å²) in [7, 11) is 0. The third-order valence-corrected chi connectivity index (χ3v) is 9.69. The van der Waals surface area contributed by atoms with Gasteiger partial charge >= 0.3 is 0 Å². The van der Waals surface area contributed by atoms with E-state index in [4.69, 9.17) is 15.2 Å². The smallest absolute Gasteiger partial charge is 0.161 e. The quantitative estimate of drug-likeness (QED) is 0.319. The highest BCUT2D eigenvalue weighted by Gasteiger charge is 2.39. The molecule has 6 nitrogen and oxygen atoms in total. The largest absolute Gasteiger partial charge is 0.504 e. The molecule has 6 heteroatoms. The van der Waals surface area contributed by atoms with Gasteiger partial charge in [-0.05, 0) is 99.8 Å². The van der Waals surface area contributed by atoms with E-state index in [9.17, 15) is 10.2 Å². The van der Waals surface area contributed by atoms with Gasteiger partial charge in [0.25, 0.3) is 0 Å². The molecule has 4 atom stereocenters. The van der Waals surface area contributed by atoms with Crippen LogP contribution >= 0.6 is 0 Å². The van der Waals surface area contributed by atoms with Gasteiger partial charge in [0.15, 0.2) is 11.5 Å². The van der Waals surface area contributed by atoms with Gasteiger partial charge in [0, 0.05) is 23.3 Å². The van der Waals surface area contributed by atoms with Crippen LogP contribution in [0.3, 0.4) is 0 Å². The number of phenolic OH excluding ortho intramolecular Hbond substituents is 1. The molecular formula is C34H48N2O4. The average Bonchev–Trinajstić information content (AvgIpc) is 3.44. The molecule has 2 saturated carbocycles. The Morgan fingerprint density at radius 1 is 1.12 bits per heavy atom. The first kappa shape index (κ1) is 29.0. The van der Waals surface area contributed by atoms with Crippen molar-refractivity contribution in [1.82, 2.24) is 5.32 Å². The van der Waals surface area contributed by atoms with Crippen LogP contribution in [-0.4, -0.2) is 41.3 Å². The molecule has 0 aromatic heterocycles. The Balaban J connectivity index is 1.22. The average molecular weight is 549 g/mol. The Kier molecular flexibility index (Phi) is 9.78. The van der Waals surface area contributed by atoms with Gasteiger partial charge in [-0.2, -0.15) is 0 Å². The minimum atomic E-state index is -0.471. The maximum Gasteiger partial charge on any atom is 0.161 e. The van der Waals surface area contributed by atoms with Gasteiger partial charge in [-0.3, -0.25) is 0 Å². The molecule has 4 aliphatic rings. The molecule has 0 bridgehead atoms. The molecule has 2 aliphatic heterocycles. The van der Waals surface area contributed by atoms with Crippen molar-refractivity contribution < 1.29 is 19.7 Å². The standard InChI is InChI=1S/C34H48N2O4/c1-24-9-12-26-20-33(35)36-22-27(26)23-39-30(15-18-34(24)16-5-6-17-34)21-28(37)13-10-25-11-14-31(38)32(19-25)40-29-7-3-2-4-8-29/h11,14,19-20,22,24,28-30,33,36-38H,2-8,10,13,15-18,21,23,35H2,1H3. The Morgan fingerprint density at radius 2 is 1.93 bits per heavy atom. The fourth-order valence-corrected chi connectivity index (χ4v) is 7.02. The first-order valence-corrected chi connectivity index (χ1v) is 15.6. The van der Waals surface area contributed by atoms with Crippen LogP contribution in [0.1, 0.15) is 96.0 Å². The van der Waals surface area contributed by atoms with Gasteiger partial charge in [0.2, 0.25) is 0 Å². The topological polar surface area (TPSA) is 97.0 Å². The summed E-state index contributed by atoms with van der Waals surface area (Å²) in [6.45, 7) is 2.74. The molecule has 1 aromatic carbocycles. The molecule has 4 unspecified atom stereocenters. The van der Waals surface area contributed by atoms with Crippen molar-refractivity contribution >= 4 is 0 Å². The van der Waals surface area contributed by atoms with Crippen LogP contribution in [0.4, 0.5) is 0 Å². The summed E-state index contributed by atoms with van der Waals surface area (Å²) in [5.41, 5.74) is 9.42. The van der Waals surface area contributed by atoms with Gasteiger partial charge in [-0.25, -0.2) is 0 Å². The van der Waals surface area contributed by atoms with E-state index in [1.807, 2.05) is 24.4 Å². The summed E-state index contributed by atoms with van der Waals surface area (Å²) in [5.74, 6) is 8.11. The van der Waals surface area contributed by atoms with Gasteiger partial charge in [-0.15, -0.1) is 0 Å². The number of phenols is 1. The van der Waals surface area contributed by atoms with Crippen LogP contribution in [0.15, 0.2) is 41.6 Å². The number of hydrogen-bond donors (Lipinski definition) is 4. The Labute approximate surface area is 240 Å². The van der Waals surface area contributed by atoms with E-state index in [2.05, 4.69) is 24.1 Å². The summed E-state index contributed by atoms with van der Waals surface area (Å²) in [6.07, 6.45) is 18.1. The zero-order valence-corrected chi connectivity index (χ0v) is 24.2. The predicted octanol–water partition coefficient (Wildman–Crippen LogP) is 5.86. The van der Waals surface area contributed by atoms with E-state index >= 15 is 0 Å². The Hall–Kier alpha value is -2.46. The SMILES string of the molecule is CC1C#CC2=CC(N)NC=C2COC(CC(O)CCc2ccc(O)c(OC3CCCCC3)c2)CCC12CCCC2. The lowest BCUT2D eigenvalue weighted by Crippen LogP contribution is -2.35. The number of nitrogens with two attached hydrogens (primary N) is 1. The minimum absolute atomic E-state index is 0.0273. The van der Waals surface area contributed by atoms with E-state index in [1.54, 1.807) is 6.07 Å². The van der Waals surface area contributed by atoms with Crippen LogP contribution in [0.2, 0.25) is 0 Å². The van der Waals surface area contributed by atoms with E-state index in [-0.39, 0.29) is 29.5 Å². The first-order chi connectivity index (χ1) is 19.4. The summed E-state index contributed by atoms with van der Waals surface area (Å²) in [6, 6.07) is 5.61. The number of hydrogen-bond acceptors (Lipinski definition) is 6. The number of ether oxygens (including phenoxy) is 2. The van der Waals surface area contributed by atoms with Crippen molar-refractivity contribution in [2.75, 3.05) is 6.61 Å². The lowest BCUT2D eigenvalue weighted by molar-refractivity contribution is 0.00795. The number of aryl methyl sites for hydroxylation is 1. The van der Waals surface area contributed by atoms with E-state index in [0.717, 1.165) is 48.8 Å². The third kappa shape index (κ3) is 7.43. The number of benzene rings is 1. The third-order valence-electron chi connectivity index (χ3n) is 9.69. The number of dihydropyridines is 1. The molecule has 2 aliphatic carbocycles. The predicted molar refractivity (Wildman–Crippen MR) is 159 cm³/mol. The molecule has 2 heterocycles. The van der Waals surface area contributed by atoms with E-state index in [0.29, 0.717) is 31.1 Å². The molecule has 1 spiro atoms. The Bertz CT molecular complexity index is 1120. The van der Waals surface area contributed by atoms with Crippen LogP contribution in [0.5, 0.6) is 11.5 Å². The second kappa shape index (κ2) is 13.5. The van der Waals surface area contributed by atoms with Crippen molar-refractivity contribution in [3.8, 4) is 23.3 Å². The van der Waals surface area contributed by atoms with Crippen molar-refractivity contribution in [3.63, 3.8) is 0 Å². The molecule has 5 N–H and O–H groups in total. The molecule has 218 valence electrons. The second-order valence-corrected chi connectivity index (χ2v) is 12.6. The van der Waals surface area contributed by atoms with E-state index in [1.165, 1.54) is 44.9 Å². The number of nitrogens with one attached hydrogen (secondary N) is 1. The minimum Gasteiger partial charge on any atom is -0.504 e. The summed E-state index contributed by atoms with van der Waals surface area (Å²) >= 11 is 0. The van der Waals surface area contributed by atoms with Crippen molar-refractivity contribution in [3.05, 3.63) is 47.2 Å². The molecule has 40 heavy (non-hydrogen) atoms. The maximum atomic E-state index is 11.1. The molecule has 0 amide bonds. The van der Waals surface area contributed by atoms with Crippen molar-refractivity contribution in [2.24, 2.45) is 17.1 Å². The molecule has 1 aromatic rings. The summed E-state index contributed by atoms with van der Waals surface area (Å²) < 4.78 is 12.6. The maximum absolute atomic E-state index is 11.1. The second-order valence-electron chi connectivity index (χ2n) is 12.6. The van der Waals surface area contributed by atoms with Gasteiger partial charge < -0.3 is 30.7 Å². The summed E-state index contributed by atoms with van der Waals surface area (Å²) in [4.78, 5) is 0. The van der Waals surface area contributed by atoms with Crippen molar-refractivity contribution in [2.45, 2.75) is 121 Å². The monoisotopic (exact) mass is 548 g/mol. The van der Waals surface area contributed by atoms with Crippen LogP contribution in [0.25, 0.3) is 0 Å². The molecule has 0 radical (unpaired) electrons. The first-order valence-electron chi connectivity index (χ1n) is 15.6. The molecule has 2 fully saturated rings.